The minimum absolute atomic E-state index is 0.464. The van der Waals surface area contributed by atoms with Gasteiger partial charge >= 0.3 is 0 Å². The van der Waals surface area contributed by atoms with Gasteiger partial charge in [-0.05, 0) is 109 Å². The van der Waals surface area contributed by atoms with Crippen LogP contribution < -0.4 is 0 Å². The molecule has 3 heteroatoms. The molecule has 10 aromatic carbocycles. The molecule has 0 saturated heterocycles. The van der Waals surface area contributed by atoms with Crippen LogP contribution in [0, 0.1) is 0 Å². The number of rotatable bonds is 8. The molecule has 318 valence electrons. The molecule has 3 nitrogen and oxygen atoms in total. The first-order valence-corrected chi connectivity index (χ1v) is 23.2. The van der Waals surface area contributed by atoms with Gasteiger partial charge in [-0.1, -0.05) is 212 Å². The van der Waals surface area contributed by atoms with E-state index in [0.29, 0.717) is 5.82 Å². The molecule has 1 aliphatic rings. The summed E-state index contributed by atoms with van der Waals surface area (Å²) >= 11 is 0. The van der Waals surface area contributed by atoms with Crippen LogP contribution in [0.2, 0.25) is 0 Å². The molecule has 2 heterocycles. The molecule has 0 atom stereocenters. The van der Waals surface area contributed by atoms with Gasteiger partial charge in [0.05, 0.1) is 16.8 Å². The minimum Gasteiger partial charge on any atom is -0.456 e. The smallest absolute Gasteiger partial charge is 0.160 e. The van der Waals surface area contributed by atoms with E-state index >= 15 is 0 Å². The SMILES string of the molecule is c1ccc(-c2cc(-c3cc(-c4ccc(-c5cccc6c5-c5ccccc5C6(c5ccccc5)c5ccccc5)cc4)cc(-c4ccc5oc6ccccc6c5c4)c3)nc(-c3ccccc3)n2)cc1. The van der Waals surface area contributed by atoms with Gasteiger partial charge in [-0.25, -0.2) is 9.97 Å². The van der Waals surface area contributed by atoms with Crippen molar-refractivity contribution < 1.29 is 4.42 Å². The molecule has 68 heavy (non-hydrogen) atoms. The zero-order valence-electron chi connectivity index (χ0n) is 37.1. The van der Waals surface area contributed by atoms with E-state index in [0.717, 1.165) is 72.3 Å². The van der Waals surface area contributed by atoms with Crippen LogP contribution in [-0.4, -0.2) is 9.97 Å². The Morgan fingerprint density at radius 2 is 0.809 bits per heavy atom. The van der Waals surface area contributed by atoms with E-state index in [1.165, 1.54) is 44.5 Å². The summed E-state index contributed by atoms with van der Waals surface area (Å²) in [4.78, 5) is 10.4. The Morgan fingerprint density at radius 1 is 0.294 bits per heavy atom. The maximum absolute atomic E-state index is 6.27. The molecule has 0 amide bonds. The quantitative estimate of drug-likeness (QED) is 0.153. The van der Waals surface area contributed by atoms with Gasteiger partial charge in [0.1, 0.15) is 11.2 Å². The van der Waals surface area contributed by atoms with Crippen molar-refractivity contribution in [3.8, 4) is 78.4 Å². The van der Waals surface area contributed by atoms with Crippen molar-refractivity contribution in [1.29, 1.82) is 0 Å². The number of benzene rings is 10. The maximum Gasteiger partial charge on any atom is 0.160 e. The van der Waals surface area contributed by atoms with Crippen molar-refractivity contribution in [2.75, 3.05) is 0 Å². The molecule has 0 bridgehead atoms. The average molecular weight is 867 g/mol. The highest BCUT2D eigenvalue weighted by Crippen LogP contribution is 2.58. The third-order valence-electron chi connectivity index (χ3n) is 13.8. The molecule has 0 N–H and O–H groups in total. The fourth-order valence-corrected chi connectivity index (χ4v) is 10.7. The van der Waals surface area contributed by atoms with Gasteiger partial charge in [-0.2, -0.15) is 0 Å². The molecule has 13 rings (SSSR count). The minimum atomic E-state index is -0.464. The van der Waals surface area contributed by atoms with Crippen LogP contribution in [0.5, 0.6) is 0 Å². The molecule has 0 spiro atoms. The first kappa shape index (κ1) is 39.4. The van der Waals surface area contributed by atoms with Crippen LogP contribution in [0.15, 0.2) is 259 Å². The van der Waals surface area contributed by atoms with Crippen molar-refractivity contribution in [3.05, 3.63) is 277 Å². The third-order valence-corrected chi connectivity index (χ3v) is 13.8. The van der Waals surface area contributed by atoms with Crippen molar-refractivity contribution in [1.82, 2.24) is 9.97 Å². The van der Waals surface area contributed by atoms with E-state index < -0.39 is 5.41 Å². The van der Waals surface area contributed by atoms with Crippen LogP contribution in [0.1, 0.15) is 22.3 Å². The molecule has 0 unspecified atom stereocenters. The summed E-state index contributed by atoms with van der Waals surface area (Å²) < 4.78 is 6.27. The van der Waals surface area contributed by atoms with Crippen molar-refractivity contribution >= 4 is 21.9 Å². The summed E-state index contributed by atoms with van der Waals surface area (Å²) in [5, 5.41) is 2.20. The highest BCUT2D eigenvalue weighted by Gasteiger charge is 2.46. The molecular formula is C65H42N2O. The standard InChI is InChI=1S/C65H42N2O/c1-5-18-45(19-6-1)59-42-60(67-64(66-59)46-20-7-2-8-21-46)50-39-48(38-49(40-50)47-36-37-62-56(41-47)54-26-14-16-31-61(54)68-62)43-32-34-44(35-33-43)53-28-17-30-58-63(53)55-27-13-15-29-57(55)65(58,51-22-9-3-10-23-51)52-24-11-4-12-25-52/h1-42H. The van der Waals surface area contributed by atoms with Crippen LogP contribution in [0.3, 0.4) is 0 Å². The lowest BCUT2D eigenvalue weighted by molar-refractivity contribution is 0.669. The van der Waals surface area contributed by atoms with Gasteiger partial charge in [0.2, 0.25) is 0 Å². The Labute approximate surface area is 395 Å². The number of para-hydroxylation sites is 1. The fourth-order valence-electron chi connectivity index (χ4n) is 10.7. The van der Waals surface area contributed by atoms with Gasteiger partial charge in [0, 0.05) is 27.5 Å². The summed E-state index contributed by atoms with van der Waals surface area (Å²) in [6.07, 6.45) is 0. The predicted octanol–water partition coefficient (Wildman–Crippen LogP) is 16.7. The van der Waals surface area contributed by atoms with E-state index in [4.69, 9.17) is 14.4 Å². The fraction of sp³-hybridized carbons (Fsp3) is 0.0154. The van der Waals surface area contributed by atoms with E-state index in [1.54, 1.807) is 0 Å². The third kappa shape index (κ3) is 6.51. The predicted molar refractivity (Wildman–Crippen MR) is 279 cm³/mol. The van der Waals surface area contributed by atoms with E-state index in [2.05, 4.69) is 218 Å². The van der Waals surface area contributed by atoms with Crippen LogP contribution in [0.4, 0.5) is 0 Å². The zero-order valence-corrected chi connectivity index (χ0v) is 37.1. The molecular weight excluding hydrogens is 825 g/mol. The molecule has 1 aliphatic carbocycles. The van der Waals surface area contributed by atoms with Gasteiger partial charge in [-0.15, -0.1) is 0 Å². The monoisotopic (exact) mass is 866 g/mol. The summed E-state index contributed by atoms with van der Waals surface area (Å²) in [6.45, 7) is 0. The number of furan rings is 1. The Hall–Kier alpha value is -8.92. The molecule has 0 saturated carbocycles. The lowest BCUT2D eigenvalue weighted by Gasteiger charge is -2.34. The normalized spacial score (nSPS) is 12.5. The lowest BCUT2D eigenvalue weighted by atomic mass is 9.67. The highest BCUT2D eigenvalue weighted by atomic mass is 16.3. The number of fused-ring (bicyclic) bond motifs is 6. The molecule has 2 aromatic heterocycles. The van der Waals surface area contributed by atoms with Crippen LogP contribution >= 0.6 is 0 Å². The first-order valence-electron chi connectivity index (χ1n) is 23.2. The molecule has 12 aromatic rings. The first-order chi connectivity index (χ1) is 33.7. The summed E-state index contributed by atoms with van der Waals surface area (Å²) in [5.41, 5.74) is 20.5. The Balaban J connectivity index is 0.979. The van der Waals surface area contributed by atoms with Gasteiger partial charge in [-0.3, -0.25) is 0 Å². The van der Waals surface area contributed by atoms with E-state index in [1.807, 2.05) is 36.4 Å². The molecule has 0 aliphatic heterocycles. The van der Waals surface area contributed by atoms with Gasteiger partial charge < -0.3 is 4.42 Å². The average Bonchev–Trinajstić information content (AvgIpc) is 3.95. The van der Waals surface area contributed by atoms with Gasteiger partial charge in [0.25, 0.3) is 0 Å². The largest absolute Gasteiger partial charge is 0.456 e. The second kappa shape index (κ2) is 16.2. The second-order valence-corrected chi connectivity index (χ2v) is 17.6. The molecule has 0 fully saturated rings. The summed E-state index contributed by atoms with van der Waals surface area (Å²) in [6, 6.07) is 91.4. The van der Waals surface area contributed by atoms with E-state index in [9.17, 15) is 0 Å². The van der Waals surface area contributed by atoms with Gasteiger partial charge in [0.15, 0.2) is 5.82 Å². The summed E-state index contributed by atoms with van der Waals surface area (Å²) in [7, 11) is 0. The number of hydrogen-bond acceptors (Lipinski definition) is 3. The highest BCUT2D eigenvalue weighted by molar-refractivity contribution is 6.06. The molecule has 0 radical (unpaired) electrons. The Morgan fingerprint density at radius 3 is 1.53 bits per heavy atom. The van der Waals surface area contributed by atoms with Crippen molar-refractivity contribution in [2.24, 2.45) is 0 Å². The summed E-state index contributed by atoms with van der Waals surface area (Å²) in [5.74, 6) is 0.685. The number of aromatic nitrogens is 2. The zero-order chi connectivity index (χ0) is 45.0. The topological polar surface area (TPSA) is 38.9 Å². The maximum atomic E-state index is 6.27. The lowest BCUT2D eigenvalue weighted by Crippen LogP contribution is -2.28. The number of hydrogen-bond donors (Lipinski definition) is 0. The Bertz CT molecular complexity index is 3720. The second-order valence-electron chi connectivity index (χ2n) is 17.6. The van der Waals surface area contributed by atoms with E-state index in [-0.39, 0.29) is 0 Å². The van der Waals surface area contributed by atoms with Crippen LogP contribution in [0.25, 0.3) is 100 Å². The van der Waals surface area contributed by atoms with Crippen LogP contribution in [-0.2, 0) is 5.41 Å². The van der Waals surface area contributed by atoms with Crippen molar-refractivity contribution in [2.45, 2.75) is 5.41 Å². The Kier molecular flexibility index (Phi) is 9.40. The number of nitrogens with zero attached hydrogens (tertiary/aromatic N) is 2. The van der Waals surface area contributed by atoms with Crippen molar-refractivity contribution in [3.63, 3.8) is 0 Å².